The van der Waals surface area contributed by atoms with Gasteiger partial charge in [0.15, 0.2) is 0 Å². The highest BCUT2D eigenvalue weighted by atomic mass is 15.1. The zero-order valence-corrected chi connectivity index (χ0v) is 13.7. The molecule has 1 atom stereocenters. The van der Waals surface area contributed by atoms with Crippen LogP contribution in [0.25, 0.3) is 0 Å². The van der Waals surface area contributed by atoms with Crippen molar-refractivity contribution in [3.05, 3.63) is 36.6 Å². The zero-order chi connectivity index (χ0) is 15.5. The number of nitrogens with two attached hydrogens (primary N) is 1. The summed E-state index contributed by atoms with van der Waals surface area (Å²) in [5.41, 5.74) is 7.73. The van der Waals surface area contributed by atoms with Gasteiger partial charge in [-0.05, 0) is 51.5 Å². The third-order valence-electron chi connectivity index (χ3n) is 4.04. The summed E-state index contributed by atoms with van der Waals surface area (Å²) >= 11 is 0. The lowest BCUT2D eigenvalue weighted by Gasteiger charge is -2.25. The molecule has 1 rings (SSSR count). The predicted molar refractivity (Wildman–Crippen MR) is 93.4 cm³/mol. The van der Waals surface area contributed by atoms with Gasteiger partial charge in [-0.15, -0.1) is 0 Å². The van der Waals surface area contributed by atoms with Gasteiger partial charge in [-0.2, -0.15) is 0 Å². The molecule has 0 amide bonds. The lowest BCUT2D eigenvalue weighted by Crippen LogP contribution is -2.25. The van der Waals surface area contributed by atoms with E-state index in [0.717, 1.165) is 31.1 Å². The summed E-state index contributed by atoms with van der Waals surface area (Å²) in [6, 6.07) is 0. The zero-order valence-electron chi connectivity index (χ0n) is 13.7. The molecule has 1 aliphatic heterocycles. The first-order chi connectivity index (χ1) is 10.2. The van der Waals surface area contributed by atoms with Crippen molar-refractivity contribution in [2.24, 2.45) is 16.6 Å². The number of nitrogens with zero attached hydrogens (tertiary/aromatic N) is 2. The summed E-state index contributed by atoms with van der Waals surface area (Å²) in [6.45, 7) is 11.0. The van der Waals surface area contributed by atoms with Crippen molar-refractivity contribution in [2.45, 2.75) is 46.0 Å². The monoisotopic (exact) mass is 289 g/mol. The molecule has 0 aliphatic carbocycles. The van der Waals surface area contributed by atoms with E-state index >= 15 is 0 Å². The highest BCUT2D eigenvalue weighted by molar-refractivity contribution is 5.96. The Balaban J connectivity index is 2.53. The maximum absolute atomic E-state index is 5.53. The Labute approximate surface area is 130 Å². The smallest absolute Gasteiger partial charge is 0.0862 e. The quantitative estimate of drug-likeness (QED) is 0.570. The minimum absolute atomic E-state index is 0.346. The van der Waals surface area contributed by atoms with Crippen LogP contribution in [0.4, 0.5) is 0 Å². The lowest BCUT2D eigenvalue weighted by molar-refractivity contribution is 0.348. The number of likely N-dealkylation sites (tertiary alicyclic amines) is 1. The highest BCUT2D eigenvalue weighted by Crippen LogP contribution is 2.23. The Kier molecular flexibility index (Phi) is 8.76. The van der Waals surface area contributed by atoms with Crippen LogP contribution in [0.3, 0.4) is 0 Å². The third kappa shape index (κ3) is 6.76. The molecule has 1 fully saturated rings. The van der Waals surface area contributed by atoms with Gasteiger partial charge < -0.3 is 10.6 Å². The van der Waals surface area contributed by atoms with Crippen molar-refractivity contribution in [1.29, 1.82) is 0 Å². The van der Waals surface area contributed by atoms with Gasteiger partial charge in [-0.25, -0.2) is 0 Å². The minimum atomic E-state index is 0.346. The van der Waals surface area contributed by atoms with Crippen molar-refractivity contribution in [1.82, 2.24) is 4.90 Å². The van der Waals surface area contributed by atoms with Gasteiger partial charge in [0, 0.05) is 30.9 Å². The molecule has 0 radical (unpaired) electrons. The van der Waals surface area contributed by atoms with Crippen molar-refractivity contribution >= 4 is 5.71 Å². The third-order valence-corrected chi connectivity index (χ3v) is 4.04. The second-order valence-corrected chi connectivity index (χ2v) is 5.66. The molecule has 0 aromatic carbocycles. The van der Waals surface area contributed by atoms with Crippen LogP contribution in [0.5, 0.6) is 0 Å². The van der Waals surface area contributed by atoms with E-state index in [2.05, 4.69) is 35.5 Å². The second-order valence-electron chi connectivity index (χ2n) is 5.66. The van der Waals surface area contributed by atoms with E-state index in [4.69, 9.17) is 5.73 Å². The van der Waals surface area contributed by atoms with Gasteiger partial charge in [0.25, 0.3) is 0 Å². The van der Waals surface area contributed by atoms with E-state index < -0.39 is 0 Å². The van der Waals surface area contributed by atoms with E-state index in [1.54, 1.807) is 0 Å². The normalized spacial score (nSPS) is 21.2. The number of hydrogen-bond donors (Lipinski definition) is 1. The molecule has 3 heteroatoms. The fourth-order valence-electron chi connectivity index (χ4n) is 2.84. The molecule has 0 saturated carbocycles. The predicted octanol–water partition coefficient (Wildman–Crippen LogP) is 3.89. The second kappa shape index (κ2) is 10.4. The molecular formula is C18H31N3. The molecule has 21 heavy (non-hydrogen) atoms. The van der Waals surface area contributed by atoms with Gasteiger partial charge in [-0.3, -0.25) is 4.99 Å². The van der Waals surface area contributed by atoms with E-state index in [1.165, 1.54) is 31.4 Å². The molecule has 118 valence electrons. The molecule has 0 aromatic heterocycles. The fourth-order valence-corrected chi connectivity index (χ4v) is 2.84. The molecule has 2 N–H and O–H groups in total. The van der Waals surface area contributed by atoms with Crippen molar-refractivity contribution in [3.63, 3.8) is 0 Å². The van der Waals surface area contributed by atoms with Crippen LogP contribution in [0.1, 0.15) is 46.0 Å². The summed E-state index contributed by atoms with van der Waals surface area (Å²) in [4.78, 5) is 6.77. The molecule has 1 unspecified atom stereocenters. The van der Waals surface area contributed by atoms with Crippen LogP contribution in [0.15, 0.2) is 41.6 Å². The van der Waals surface area contributed by atoms with Crippen molar-refractivity contribution in [2.75, 3.05) is 19.8 Å². The van der Waals surface area contributed by atoms with E-state index in [9.17, 15) is 0 Å². The lowest BCUT2D eigenvalue weighted by atomic mass is 9.97. The molecule has 1 aliphatic rings. The van der Waals surface area contributed by atoms with Crippen LogP contribution >= 0.6 is 0 Å². The Morgan fingerprint density at radius 2 is 2.10 bits per heavy atom. The molecule has 0 spiro atoms. The Bertz CT molecular complexity index is 393. The number of allylic oxidation sites excluding steroid dienone is 5. The Hall–Kier alpha value is -1.35. The topological polar surface area (TPSA) is 41.6 Å². The largest absolute Gasteiger partial charge is 0.375 e. The number of hydrogen-bond acceptors (Lipinski definition) is 3. The first-order valence-corrected chi connectivity index (χ1v) is 8.11. The van der Waals surface area contributed by atoms with Gasteiger partial charge in [-0.1, -0.05) is 24.8 Å². The first-order valence-electron chi connectivity index (χ1n) is 8.11. The van der Waals surface area contributed by atoms with Gasteiger partial charge in [0.1, 0.15) is 0 Å². The summed E-state index contributed by atoms with van der Waals surface area (Å²) in [5.74, 6) is 0.826. The van der Waals surface area contributed by atoms with Crippen molar-refractivity contribution in [3.8, 4) is 0 Å². The Morgan fingerprint density at radius 1 is 1.29 bits per heavy atom. The highest BCUT2D eigenvalue weighted by Gasteiger charge is 2.17. The summed E-state index contributed by atoms with van der Waals surface area (Å²) in [7, 11) is 0. The standard InChI is InChI=1S/C18H31N3/c1-4-6-9-17-10-7-12-21(13-11-17)16(3)14-18(8-5-2)20-15-19/h4-6,8,17H,3,7,9-15,19H2,1-2H3/b6-4-,8-5-,20-18?. The molecular weight excluding hydrogens is 258 g/mol. The summed E-state index contributed by atoms with van der Waals surface area (Å²) in [6.07, 6.45) is 14.4. The average molecular weight is 289 g/mol. The van der Waals surface area contributed by atoms with E-state index in [-0.39, 0.29) is 0 Å². The van der Waals surface area contributed by atoms with Crippen LogP contribution < -0.4 is 5.73 Å². The fraction of sp³-hybridized carbons (Fsp3) is 0.611. The maximum atomic E-state index is 5.53. The molecule has 0 aromatic rings. The molecule has 0 bridgehead atoms. The van der Waals surface area contributed by atoms with E-state index in [1.807, 2.05) is 19.1 Å². The molecule has 1 heterocycles. The van der Waals surface area contributed by atoms with Crippen LogP contribution in [0.2, 0.25) is 0 Å². The minimum Gasteiger partial charge on any atom is -0.375 e. The average Bonchev–Trinajstić information content (AvgIpc) is 2.71. The SMILES string of the molecule is C=C(CC(/C=C\C)=NCN)N1CCCC(C/C=C\C)CC1. The number of aliphatic imine (C=N–C) groups is 1. The van der Waals surface area contributed by atoms with Gasteiger partial charge >= 0.3 is 0 Å². The number of rotatable bonds is 7. The van der Waals surface area contributed by atoms with Crippen LogP contribution in [0, 0.1) is 5.92 Å². The van der Waals surface area contributed by atoms with Crippen LogP contribution in [-0.4, -0.2) is 30.4 Å². The van der Waals surface area contributed by atoms with Crippen LogP contribution in [-0.2, 0) is 0 Å². The van der Waals surface area contributed by atoms with Crippen molar-refractivity contribution < 1.29 is 0 Å². The first kappa shape index (κ1) is 17.7. The maximum Gasteiger partial charge on any atom is 0.0862 e. The van der Waals surface area contributed by atoms with E-state index in [0.29, 0.717) is 6.67 Å². The molecule has 3 nitrogen and oxygen atoms in total. The van der Waals surface area contributed by atoms with Gasteiger partial charge in [0.2, 0.25) is 0 Å². The van der Waals surface area contributed by atoms with Gasteiger partial charge in [0.05, 0.1) is 6.67 Å². The molecule has 1 saturated heterocycles. The summed E-state index contributed by atoms with van der Waals surface area (Å²) < 4.78 is 0. The summed E-state index contributed by atoms with van der Waals surface area (Å²) in [5, 5.41) is 0. The Morgan fingerprint density at radius 3 is 2.76 bits per heavy atom.